The van der Waals surface area contributed by atoms with Crippen molar-refractivity contribution in [2.45, 2.75) is 38.5 Å². The van der Waals surface area contributed by atoms with Crippen molar-refractivity contribution >= 4 is 29.2 Å². The minimum atomic E-state index is -0.804. The minimum Gasteiger partial charge on any atom is -0.481 e. The van der Waals surface area contributed by atoms with E-state index in [1.165, 1.54) is 11.3 Å². The van der Waals surface area contributed by atoms with Crippen LogP contribution in [0.1, 0.15) is 47.3 Å². The van der Waals surface area contributed by atoms with E-state index in [1.54, 1.807) is 0 Å². The van der Waals surface area contributed by atoms with E-state index in [9.17, 15) is 14.7 Å². The van der Waals surface area contributed by atoms with E-state index < -0.39 is 5.97 Å². The van der Waals surface area contributed by atoms with Crippen LogP contribution in [0.5, 0.6) is 0 Å². The topological polar surface area (TPSA) is 82.2 Å². The summed E-state index contributed by atoms with van der Waals surface area (Å²) in [7, 11) is 0. The maximum Gasteiger partial charge on any atom is 0.303 e. The van der Waals surface area contributed by atoms with Gasteiger partial charge in [-0.25, -0.2) is 0 Å². The maximum absolute atomic E-state index is 12.8. The van der Waals surface area contributed by atoms with Crippen molar-refractivity contribution < 1.29 is 14.7 Å². The molecule has 156 valence electrons. The Labute approximate surface area is 180 Å². The van der Waals surface area contributed by atoms with Crippen molar-refractivity contribution in [3.05, 3.63) is 76.6 Å². The molecule has 1 aromatic heterocycles. The third-order valence-corrected chi connectivity index (χ3v) is 6.23. The lowest BCUT2D eigenvalue weighted by Gasteiger charge is -2.12. The van der Waals surface area contributed by atoms with Crippen LogP contribution in [0.15, 0.2) is 48.5 Å². The summed E-state index contributed by atoms with van der Waals surface area (Å²) in [4.78, 5) is 27.5. The van der Waals surface area contributed by atoms with Gasteiger partial charge in [0.05, 0.1) is 5.57 Å². The van der Waals surface area contributed by atoms with Crippen LogP contribution in [0.25, 0.3) is 22.8 Å². The van der Waals surface area contributed by atoms with Gasteiger partial charge in [-0.05, 0) is 66.5 Å². The average Bonchev–Trinajstić information content (AvgIpc) is 3.29. The zero-order chi connectivity index (χ0) is 21.4. The summed E-state index contributed by atoms with van der Waals surface area (Å²) in [6.07, 6.45) is 6.65. The number of benzene rings is 2. The quantitative estimate of drug-likeness (QED) is 0.512. The average molecular weight is 412 g/mol. The van der Waals surface area contributed by atoms with E-state index in [-0.39, 0.29) is 12.3 Å². The molecule has 0 saturated heterocycles. The fourth-order valence-electron chi connectivity index (χ4n) is 4.71. The SMILES string of the molecule is O=C(O)CCc1c(C=C2C(=O)Nc3cc(-c4ccccc4)ccc32)[nH]c2c1CCCC2. The lowest BCUT2D eigenvalue weighted by Crippen LogP contribution is -2.05. The number of rotatable bonds is 5. The molecule has 0 unspecified atom stereocenters. The van der Waals surface area contributed by atoms with Crippen LogP contribution in [-0.2, 0) is 28.9 Å². The zero-order valence-corrected chi connectivity index (χ0v) is 17.2. The predicted molar refractivity (Wildman–Crippen MR) is 122 cm³/mol. The van der Waals surface area contributed by atoms with Gasteiger partial charge in [-0.2, -0.15) is 0 Å². The second-order valence-corrected chi connectivity index (χ2v) is 8.21. The van der Waals surface area contributed by atoms with Gasteiger partial charge in [-0.3, -0.25) is 9.59 Å². The number of aryl methyl sites for hydroxylation is 1. The Kier molecular flexibility index (Phi) is 4.94. The lowest BCUT2D eigenvalue weighted by atomic mass is 9.92. The molecule has 2 aromatic carbocycles. The highest BCUT2D eigenvalue weighted by Gasteiger charge is 2.26. The first kappa shape index (κ1) is 19.4. The summed E-state index contributed by atoms with van der Waals surface area (Å²) in [5.41, 5.74) is 8.81. The van der Waals surface area contributed by atoms with E-state index in [1.807, 2.05) is 54.6 Å². The number of amides is 1. The number of hydrogen-bond acceptors (Lipinski definition) is 2. The van der Waals surface area contributed by atoms with Gasteiger partial charge in [0.25, 0.3) is 5.91 Å². The number of carbonyl (C=O) groups is 2. The fourth-order valence-corrected chi connectivity index (χ4v) is 4.71. The molecule has 2 aliphatic rings. The van der Waals surface area contributed by atoms with Gasteiger partial charge in [0.2, 0.25) is 0 Å². The van der Waals surface area contributed by atoms with Gasteiger partial charge in [-0.15, -0.1) is 0 Å². The molecule has 3 aromatic rings. The first-order chi connectivity index (χ1) is 15.1. The second-order valence-electron chi connectivity index (χ2n) is 8.21. The van der Waals surface area contributed by atoms with Crippen molar-refractivity contribution in [1.82, 2.24) is 4.98 Å². The molecule has 2 heterocycles. The molecule has 1 aliphatic carbocycles. The van der Waals surface area contributed by atoms with E-state index in [4.69, 9.17) is 0 Å². The summed E-state index contributed by atoms with van der Waals surface area (Å²) >= 11 is 0. The number of carboxylic acids is 1. The number of aromatic amines is 1. The second kappa shape index (κ2) is 7.91. The van der Waals surface area contributed by atoms with Gasteiger partial charge in [0.15, 0.2) is 0 Å². The molecule has 0 atom stereocenters. The molecule has 31 heavy (non-hydrogen) atoms. The van der Waals surface area contributed by atoms with Gasteiger partial charge in [0.1, 0.15) is 0 Å². The molecule has 0 fully saturated rings. The van der Waals surface area contributed by atoms with Crippen molar-refractivity contribution in [1.29, 1.82) is 0 Å². The van der Waals surface area contributed by atoms with Gasteiger partial charge in [0, 0.05) is 29.1 Å². The van der Waals surface area contributed by atoms with Gasteiger partial charge >= 0.3 is 5.97 Å². The number of hydrogen-bond donors (Lipinski definition) is 3. The van der Waals surface area contributed by atoms with E-state index in [2.05, 4.69) is 10.3 Å². The first-order valence-corrected chi connectivity index (χ1v) is 10.8. The summed E-state index contributed by atoms with van der Waals surface area (Å²) in [5.74, 6) is -0.932. The van der Waals surface area contributed by atoms with Crippen LogP contribution in [0.2, 0.25) is 0 Å². The van der Waals surface area contributed by atoms with E-state index in [0.29, 0.717) is 12.0 Å². The Morgan fingerprint density at radius 1 is 1.03 bits per heavy atom. The Morgan fingerprint density at radius 3 is 2.65 bits per heavy atom. The highest BCUT2D eigenvalue weighted by Crippen LogP contribution is 2.37. The molecule has 3 N–H and O–H groups in total. The third kappa shape index (κ3) is 3.67. The molecule has 0 saturated carbocycles. The highest BCUT2D eigenvalue weighted by molar-refractivity contribution is 6.35. The molecule has 0 bridgehead atoms. The fraction of sp³-hybridized carbons (Fsp3) is 0.231. The molecule has 1 aliphatic heterocycles. The summed E-state index contributed by atoms with van der Waals surface area (Å²) in [6.45, 7) is 0. The number of carboxylic acid groups (broad SMARTS) is 1. The maximum atomic E-state index is 12.8. The number of anilines is 1. The monoisotopic (exact) mass is 412 g/mol. The van der Waals surface area contributed by atoms with Crippen molar-refractivity contribution in [3.63, 3.8) is 0 Å². The number of nitrogens with one attached hydrogen (secondary N) is 2. The standard InChI is InChI=1S/C26H24N2O3/c29-25(30)13-12-19-18-8-4-5-9-22(18)27-24(19)15-21-20-11-10-17(14-23(20)28-26(21)31)16-6-2-1-3-7-16/h1-3,6-7,10-11,14-15,27H,4-5,8-9,12-13H2,(H,28,31)(H,29,30). The zero-order valence-electron chi connectivity index (χ0n) is 17.2. The molecule has 5 heteroatoms. The van der Waals surface area contributed by atoms with Crippen molar-refractivity contribution in [2.24, 2.45) is 0 Å². The smallest absolute Gasteiger partial charge is 0.303 e. The van der Waals surface area contributed by atoms with Crippen LogP contribution in [-0.4, -0.2) is 22.0 Å². The predicted octanol–water partition coefficient (Wildman–Crippen LogP) is 5.07. The molecule has 5 nitrogen and oxygen atoms in total. The van der Waals surface area contributed by atoms with Crippen LogP contribution in [0.3, 0.4) is 0 Å². The lowest BCUT2D eigenvalue weighted by molar-refractivity contribution is -0.137. The van der Waals surface area contributed by atoms with Gasteiger partial charge < -0.3 is 15.4 Å². The number of aromatic nitrogens is 1. The molecule has 5 rings (SSSR count). The number of fused-ring (bicyclic) bond motifs is 2. The Morgan fingerprint density at radius 2 is 1.84 bits per heavy atom. The Bertz CT molecular complexity index is 1200. The number of H-pyrrole nitrogens is 1. The molecular formula is C26H24N2O3. The molecule has 0 spiro atoms. The minimum absolute atomic E-state index is 0.0870. The van der Waals surface area contributed by atoms with Crippen LogP contribution in [0, 0.1) is 0 Å². The van der Waals surface area contributed by atoms with Crippen molar-refractivity contribution in [2.75, 3.05) is 5.32 Å². The molecule has 1 amide bonds. The summed E-state index contributed by atoms with van der Waals surface area (Å²) < 4.78 is 0. The normalized spacial score (nSPS) is 16.1. The third-order valence-electron chi connectivity index (χ3n) is 6.23. The first-order valence-electron chi connectivity index (χ1n) is 10.8. The van der Waals surface area contributed by atoms with Crippen molar-refractivity contribution in [3.8, 4) is 11.1 Å². The Balaban J connectivity index is 1.54. The van der Waals surface area contributed by atoms with Crippen LogP contribution >= 0.6 is 0 Å². The summed E-state index contributed by atoms with van der Waals surface area (Å²) in [6, 6.07) is 16.1. The van der Waals surface area contributed by atoms with Crippen LogP contribution in [0.4, 0.5) is 5.69 Å². The highest BCUT2D eigenvalue weighted by atomic mass is 16.4. The number of carbonyl (C=O) groups excluding carboxylic acids is 1. The molecular weight excluding hydrogens is 388 g/mol. The Hall–Kier alpha value is -3.60. The molecule has 0 radical (unpaired) electrons. The number of aliphatic carboxylic acids is 1. The van der Waals surface area contributed by atoms with E-state index in [0.717, 1.165) is 59.3 Å². The largest absolute Gasteiger partial charge is 0.481 e. The van der Waals surface area contributed by atoms with E-state index >= 15 is 0 Å². The van der Waals surface area contributed by atoms with Crippen LogP contribution < -0.4 is 5.32 Å². The van der Waals surface area contributed by atoms with Gasteiger partial charge in [-0.1, -0.05) is 42.5 Å². The summed E-state index contributed by atoms with van der Waals surface area (Å²) in [5, 5.41) is 12.2.